The average molecular weight is 457 g/mol. The maximum atomic E-state index is 13.8. The molecule has 1 aliphatic heterocycles. The molecule has 1 fully saturated rings. The van der Waals surface area contributed by atoms with Crippen LogP contribution in [0.15, 0.2) is 108 Å². The van der Waals surface area contributed by atoms with Crippen molar-refractivity contribution in [3.05, 3.63) is 114 Å². The lowest BCUT2D eigenvalue weighted by Gasteiger charge is -2.40. The van der Waals surface area contributed by atoms with Gasteiger partial charge in [0.2, 0.25) is 10.0 Å². The second-order valence-electron chi connectivity index (χ2n) is 8.69. The van der Waals surface area contributed by atoms with Gasteiger partial charge in [0.1, 0.15) is 0 Å². The van der Waals surface area contributed by atoms with Crippen molar-refractivity contribution < 1.29 is 8.42 Å². The molecule has 0 N–H and O–H groups in total. The molecule has 0 radical (unpaired) electrons. The molecule has 5 rings (SSSR count). The fourth-order valence-electron chi connectivity index (χ4n) is 4.72. The third kappa shape index (κ3) is 4.86. The monoisotopic (exact) mass is 456 g/mol. The van der Waals surface area contributed by atoms with E-state index in [-0.39, 0.29) is 6.04 Å². The van der Waals surface area contributed by atoms with Crippen molar-refractivity contribution in [3.63, 3.8) is 0 Å². The third-order valence-corrected chi connectivity index (χ3v) is 8.35. The van der Waals surface area contributed by atoms with Crippen LogP contribution in [0.25, 0.3) is 10.8 Å². The Bertz CT molecular complexity index is 1320. The number of hydrogen-bond acceptors (Lipinski definition) is 3. The van der Waals surface area contributed by atoms with Gasteiger partial charge in [-0.05, 0) is 40.5 Å². The van der Waals surface area contributed by atoms with Crippen LogP contribution in [0.2, 0.25) is 0 Å². The molecule has 1 aliphatic rings. The molecule has 1 heterocycles. The van der Waals surface area contributed by atoms with Gasteiger partial charge in [0.05, 0.1) is 4.90 Å². The molecule has 33 heavy (non-hydrogen) atoms. The Balaban J connectivity index is 1.44. The number of hydrogen-bond donors (Lipinski definition) is 0. The predicted molar refractivity (Wildman–Crippen MR) is 133 cm³/mol. The van der Waals surface area contributed by atoms with Gasteiger partial charge in [-0.1, -0.05) is 91.0 Å². The minimum atomic E-state index is -3.61. The van der Waals surface area contributed by atoms with Gasteiger partial charge in [0.25, 0.3) is 0 Å². The second kappa shape index (κ2) is 9.48. The summed E-state index contributed by atoms with van der Waals surface area (Å²) in [5.41, 5.74) is 2.41. The fraction of sp³-hybridized carbons (Fsp3) is 0.214. The lowest BCUT2D eigenvalue weighted by atomic mass is 10.0. The van der Waals surface area contributed by atoms with Crippen molar-refractivity contribution in [1.82, 2.24) is 9.21 Å². The zero-order chi connectivity index (χ0) is 22.7. The Morgan fingerprint density at radius 2 is 1.33 bits per heavy atom. The van der Waals surface area contributed by atoms with E-state index in [0.717, 1.165) is 22.9 Å². The second-order valence-corrected chi connectivity index (χ2v) is 10.6. The molecule has 0 spiro atoms. The molecule has 1 unspecified atom stereocenters. The van der Waals surface area contributed by atoms with Crippen LogP contribution in [0.4, 0.5) is 0 Å². The number of nitrogens with zero attached hydrogens (tertiary/aromatic N) is 2. The zero-order valence-electron chi connectivity index (χ0n) is 18.5. The minimum absolute atomic E-state index is 0.124. The van der Waals surface area contributed by atoms with E-state index in [1.165, 1.54) is 5.56 Å². The van der Waals surface area contributed by atoms with Gasteiger partial charge in [-0.15, -0.1) is 0 Å². The van der Waals surface area contributed by atoms with Crippen LogP contribution >= 0.6 is 0 Å². The highest BCUT2D eigenvalue weighted by Gasteiger charge is 2.36. The summed E-state index contributed by atoms with van der Waals surface area (Å²) < 4.78 is 29.3. The molecule has 0 amide bonds. The Hall–Kier alpha value is -2.99. The molecule has 1 atom stereocenters. The van der Waals surface area contributed by atoms with E-state index in [9.17, 15) is 8.42 Å². The van der Waals surface area contributed by atoms with Gasteiger partial charge >= 0.3 is 0 Å². The first kappa shape index (κ1) is 21.8. The largest absolute Gasteiger partial charge is 0.296 e. The number of rotatable bonds is 6. The fourth-order valence-corrected chi connectivity index (χ4v) is 6.36. The summed E-state index contributed by atoms with van der Waals surface area (Å²) in [6.07, 6.45) is 0.693. The number of fused-ring (bicyclic) bond motifs is 1. The molecular weight excluding hydrogens is 428 g/mol. The number of sulfonamides is 1. The summed E-state index contributed by atoms with van der Waals surface area (Å²) in [4.78, 5) is 2.74. The average Bonchev–Trinajstić information content (AvgIpc) is 2.85. The van der Waals surface area contributed by atoms with Crippen LogP contribution in [-0.2, 0) is 23.0 Å². The zero-order valence-corrected chi connectivity index (χ0v) is 19.4. The maximum Gasteiger partial charge on any atom is 0.243 e. The van der Waals surface area contributed by atoms with Crippen LogP contribution in [0.3, 0.4) is 0 Å². The molecule has 5 heteroatoms. The molecule has 168 valence electrons. The lowest BCUT2D eigenvalue weighted by molar-refractivity contribution is 0.129. The molecule has 4 aromatic carbocycles. The molecule has 4 nitrogen and oxygen atoms in total. The van der Waals surface area contributed by atoms with Gasteiger partial charge in [-0.2, -0.15) is 4.31 Å². The lowest BCUT2D eigenvalue weighted by Crippen LogP contribution is -2.55. The van der Waals surface area contributed by atoms with Gasteiger partial charge in [0.15, 0.2) is 0 Å². The van der Waals surface area contributed by atoms with Crippen molar-refractivity contribution in [2.75, 3.05) is 19.6 Å². The molecule has 1 saturated heterocycles. The van der Waals surface area contributed by atoms with E-state index in [1.807, 2.05) is 54.6 Å². The van der Waals surface area contributed by atoms with E-state index >= 15 is 0 Å². The van der Waals surface area contributed by atoms with Crippen molar-refractivity contribution in [2.24, 2.45) is 0 Å². The third-order valence-electron chi connectivity index (χ3n) is 6.40. The van der Waals surface area contributed by atoms with E-state index in [4.69, 9.17) is 0 Å². The molecule has 0 saturated carbocycles. The summed E-state index contributed by atoms with van der Waals surface area (Å²) in [5, 5.41) is 1.99. The minimum Gasteiger partial charge on any atom is -0.296 e. The molecule has 0 aliphatic carbocycles. The van der Waals surface area contributed by atoms with Gasteiger partial charge in [-0.3, -0.25) is 4.90 Å². The summed E-state index contributed by atoms with van der Waals surface area (Å²) in [6.45, 7) is 2.74. The van der Waals surface area contributed by atoms with E-state index < -0.39 is 10.0 Å². The smallest absolute Gasteiger partial charge is 0.243 e. The highest BCUT2D eigenvalue weighted by atomic mass is 32.2. The van der Waals surface area contributed by atoms with Crippen molar-refractivity contribution >= 4 is 20.8 Å². The topological polar surface area (TPSA) is 40.6 Å². The van der Waals surface area contributed by atoms with E-state index in [1.54, 1.807) is 16.4 Å². The van der Waals surface area contributed by atoms with E-state index in [2.05, 4.69) is 41.3 Å². The van der Waals surface area contributed by atoms with Gasteiger partial charge in [-0.25, -0.2) is 8.42 Å². The molecule has 4 aromatic rings. The summed E-state index contributed by atoms with van der Waals surface area (Å²) in [7, 11) is -3.61. The quantitative estimate of drug-likeness (QED) is 0.412. The van der Waals surface area contributed by atoms with Gasteiger partial charge in [0, 0.05) is 32.2 Å². The SMILES string of the molecule is O=S(=O)(c1ccc2ccccc2c1)N1CCN(Cc2ccccc2)CC1Cc1ccccc1. The maximum absolute atomic E-state index is 13.8. The molecular formula is C28H28N2O2S. The number of piperazine rings is 1. The van der Waals surface area contributed by atoms with Crippen LogP contribution in [0, 0.1) is 0 Å². The normalized spacial score (nSPS) is 17.9. The Kier molecular flexibility index (Phi) is 6.27. The Labute approximate surface area is 196 Å². The standard InChI is InChI=1S/C28H28N2O2S/c31-33(32,28-16-15-25-13-7-8-14-26(25)20-28)30-18-17-29(21-24-11-5-2-6-12-24)22-27(30)19-23-9-3-1-4-10-23/h1-16,20,27H,17-19,21-22H2. The van der Waals surface area contributed by atoms with Crippen molar-refractivity contribution in [1.29, 1.82) is 0 Å². The van der Waals surface area contributed by atoms with Crippen LogP contribution in [-0.4, -0.2) is 43.3 Å². The highest BCUT2D eigenvalue weighted by molar-refractivity contribution is 7.89. The van der Waals surface area contributed by atoms with Crippen molar-refractivity contribution in [3.8, 4) is 0 Å². The first-order valence-electron chi connectivity index (χ1n) is 11.4. The first-order valence-corrected chi connectivity index (χ1v) is 12.8. The van der Waals surface area contributed by atoms with Gasteiger partial charge < -0.3 is 0 Å². The summed E-state index contributed by atoms with van der Waals surface area (Å²) >= 11 is 0. The van der Waals surface area contributed by atoms with E-state index in [0.29, 0.717) is 31.0 Å². The molecule has 0 aromatic heterocycles. The van der Waals surface area contributed by atoms with Crippen LogP contribution in [0.1, 0.15) is 11.1 Å². The Morgan fingerprint density at radius 1 is 0.697 bits per heavy atom. The molecule has 0 bridgehead atoms. The van der Waals surface area contributed by atoms with Crippen LogP contribution in [0.5, 0.6) is 0 Å². The summed E-state index contributed by atoms with van der Waals surface area (Å²) in [6, 6.07) is 33.8. The number of benzene rings is 4. The summed E-state index contributed by atoms with van der Waals surface area (Å²) in [5.74, 6) is 0. The Morgan fingerprint density at radius 3 is 2.06 bits per heavy atom. The first-order chi connectivity index (χ1) is 16.1. The predicted octanol–water partition coefficient (Wildman–Crippen LogP) is 4.96. The van der Waals surface area contributed by atoms with Crippen LogP contribution < -0.4 is 0 Å². The van der Waals surface area contributed by atoms with Crippen molar-refractivity contribution in [2.45, 2.75) is 23.9 Å². The highest BCUT2D eigenvalue weighted by Crippen LogP contribution is 2.27.